The van der Waals surface area contributed by atoms with E-state index in [-0.39, 0.29) is 11.9 Å². The molecule has 0 aliphatic heterocycles. The van der Waals surface area contributed by atoms with Crippen molar-refractivity contribution in [1.29, 1.82) is 0 Å². The van der Waals surface area contributed by atoms with Crippen LogP contribution in [0, 0.1) is 0 Å². The minimum Gasteiger partial charge on any atom is -0.352 e. The highest BCUT2D eigenvalue weighted by Crippen LogP contribution is 2.25. The highest BCUT2D eigenvalue weighted by molar-refractivity contribution is 9.10. The molecule has 1 amide bonds. The molecular weight excluding hydrogens is 362 g/mol. The van der Waals surface area contributed by atoms with E-state index in [0.29, 0.717) is 19.4 Å². The molecule has 2 rings (SSSR count). The van der Waals surface area contributed by atoms with E-state index >= 15 is 0 Å². The third-order valence-electron chi connectivity index (χ3n) is 3.52. The molecule has 0 saturated carbocycles. The summed E-state index contributed by atoms with van der Waals surface area (Å²) in [6.45, 7) is 2.64. The number of rotatable bonds is 8. The summed E-state index contributed by atoms with van der Waals surface area (Å²) in [6.07, 6.45) is 4.30. The molecule has 0 bridgehead atoms. The summed E-state index contributed by atoms with van der Waals surface area (Å²) < 4.78 is 2.18. The van der Waals surface area contributed by atoms with Crippen molar-refractivity contribution in [3.8, 4) is 0 Å². The highest BCUT2D eigenvalue weighted by atomic mass is 79.9. The number of aromatic nitrogens is 1. The van der Waals surface area contributed by atoms with Crippen molar-refractivity contribution in [3.63, 3.8) is 0 Å². The Hall–Kier alpha value is -0.980. The molecule has 0 radical (unpaired) electrons. The van der Waals surface area contributed by atoms with E-state index < -0.39 is 0 Å². The number of benzene rings is 1. The normalized spacial score (nSPS) is 12.5. The summed E-state index contributed by atoms with van der Waals surface area (Å²) in [5.74, 6) is 0.0620. The molecule has 22 heavy (non-hydrogen) atoms. The molecule has 1 atom stereocenters. The standard InChI is InChI=1S/C16H22BrN3OS/c1-2-3-4-12(10-18)19-15(21)7-8-16-20-13-9-11(17)5-6-14(13)22-16/h5-6,9,12H,2-4,7-8,10,18H2,1H3,(H,19,21). The lowest BCUT2D eigenvalue weighted by Crippen LogP contribution is -2.40. The smallest absolute Gasteiger partial charge is 0.220 e. The average Bonchev–Trinajstić information content (AvgIpc) is 2.91. The molecule has 0 spiro atoms. The van der Waals surface area contributed by atoms with Crippen LogP contribution in [-0.4, -0.2) is 23.5 Å². The topological polar surface area (TPSA) is 68.0 Å². The van der Waals surface area contributed by atoms with Gasteiger partial charge in [0, 0.05) is 29.9 Å². The predicted molar refractivity (Wildman–Crippen MR) is 96.2 cm³/mol. The third kappa shape index (κ3) is 5.04. The van der Waals surface area contributed by atoms with Gasteiger partial charge in [0.15, 0.2) is 0 Å². The van der Waals surface area contributed by atoms with Gasteiger partial charge >= 0.3 is 0 Å². The largest absolute Gasteiger partial charge is 0.352 e. The van der Waals surface area contributed by atoms with Crippen molar-refractivity contribution in [1.82, 2.24) is 10.3 Å². The monoisotopic (exact) mass is 383 g/mol. The van der Waals surface area contributed by atoms with Gasteiger partial charge in [-0.05, 0) is 24.6 Å². The number of hydrogen-bond acceptors (Lipinski definition) is 4. The lowest BCUT2D eigenvalue weighted by molar-refractivity contribution is -0.121. The van der Waals surface area contributed by atoms with Crippen LogP contribution in [0.15, 0.2) is 22.7 Å². The van der Waals surface area contributed by atoms with Crippen molar-refractivity contribution in [3.05, 3.63) is 27.7 Å². The maximum Gasteiger partial charge on any atom is 0.220 e. The molecule has 0 aliphatic rings. The number of aryl methyl sites for hydroxylation is 1. The number of halogens is 1. The first-order chi connectivity index (χ1) is 10.6. The third-order valence-corrected chi connectivity index (χ3v) is 5.11. The van der Waals surface area contributed by atoms with Crippen LogP contribution < -0.4 is 11.1 Å². The zero-order valence-corrected chi connectivity index (χ0v) is 15.2. The predicted octanol–water partition coefficient (Wildman–Crippen LogP) is 3.63. The van der Waals surface area contributed by atoms with Gasteiger partial charge in [0.1, 0.15) is 0 Å². The zero-order chi connectivity index (χ0) is 15.9. The summed E-state index contributed by atoms with van der Waals surface area (Å²) in [6, 6.07) is 6.16. The number of carbonyl (C=O) groups is 1. The van der Waals surface area contributed by atoms with Crippen LogP contribution in [-0.2, 0) is 11.2 Å². The van der Waals surface area contributed by atoms with Crippen LogP contribution in [0.5, 0.6) is 0 Å². The van der Waals surface area contributed by atoms with E-state index in [0.717, 1.165) is 39.0 Å². The van der Waals surface area contributed by atoms with Crippen molar-refractivity contribution in [2.24, 2.45) is 5.73 Å². The van der Waals surface area contributed by atoms with Crippen molar-refractivity contribution < 1.29 is 4.79 Å². The Morgan fingerprint density at radius 2 is 2.32 bits per heavy atom. The number of hydrogen-bond donors (Lipinski definition) is 2. The van der Waals surface area contributed by atoms with E-state index in [1.807, 2.05) is 12.1 Å². The van der Waals surface area contributed by atoms with Crippen LogP contribution >= 0.6 is 27.3 Å². The quantitative estimate of drug-likeness (QED) is 0.731. The van der Waals surface area contributed by atoms with Gasteiger partial charge < -0.3 is 11.1 Å². The van der Waals surface area contributed by atoms with Gasteiger partial charge in [-0.15, -0.1) is 11.3 Å². The number of nitrogens with zero attached hydrogens (tertiary/aromatic N) is 1. The SMILES string of the molecule is CCCCC(CN)NC(=O)CCc1nc2cc(Br)ccc2s1. The van der Waals surface area contributed by atoms with Crippen LogP contribution in [0.1, 0.15) is 37.6 Å². The Bertz CT molecular complexity index is 629. The highest BCUT2D eigenvalue weighted by Gasteiger charge is 2.11. The van der Waals surface area contributed by atoms with Crippen LogP contribution in [0.25, 0.3) is 10.2 Å². The Kier molecular flexibility index (Phi) is 6.79. The van der Waals surface area contributed by atoms with Gasteiger partial charge in [0.2, 0.25) is 5.91 Å². The van der Waals surface area contributed by atoms with E-state index in [2.05, 4.69) is 39.2 Å². The van der Waals surface area contributed by atoms with Gasteiger partial charge in [-0.25, -0.2) is 4.98 Å². The van der Waals surface area contributed by atoms with Gasteiger partial charge in [0.05, 0.1) is 15.2 Å². The van der Waals surface area contributed by atoms with Crippen LogP contribution in [0.3, 0.4) is 0 Å². The molecule has 0 aliphatic carbocycles. The number of thiazole rings is 1. The molecule has 1 aromatic heterocycles. The molecule has 1 aromatic carbocycles. The minimum absolute atomic E-state index is 0.0620. The fourth-order valence-corrected chi connectivity index (χ4v) is 3.57. The molecule has 1 unspecified atom stereocenters. The number of nitrogens with one attached hydrogen (secondary N) is 1. The van der Waals surface area contributed by atoms with Gasteiger partial charge in [-0.3, -0.25) is 4.79 Å². The number of unbranched alkanes of at least 4 members (excludes halogenated alkanes) is 1. The molecule has 6 heteroatoms. The summed E-state index contributed by atoms with van der Waals surface area (Å²) in [5, 5.41) is 4.02. The zero-order valence-electron chi connectivity index (χ0n) is 12.8. The first kappa shape index (κ1) is 17.4. The molecule has 1 heterocycles. The fraction of sp³-hybridized carbons (Fsp3) is 0.500. The Balaban J connectivity index is 1.86. The van der Waals surface area contributed by atoms with Crippen LogP contribution in [0.2, 0.25) is 0 Å². The summed E-state index contributed by atoms with van der Waals surface area (Å²) in [5.41, 5.74) is 6.69. The lowest BCUT2D eigenvalue weighted by atomic mass is 10.1. The number of carbonyl (C=O) groups excluding carboxylic acids is 1. The number of nitrogens with two attached hydrogens (primary N) is 1. The summed E-state index contributed by atoms with van der Waals surface area (Å²) >= 11 is 5.10. The molecule has 4 nitrogen and oxygen atoms in total. The molecule has 0 saturated heterocycles. The van der Waals surface area contributed by atoms with E-state index in [1.54, 1.807) is 11.3 Å². The maximum atomic E-state index is 12.0. The van der Waals surface area contributed by atoms with Gasteiger partial charge in [-0.2, -0.15) is 0 Å². The minimum atomic E-state index is 0.0620. The molecule has 120 valence electrons. The van der Waals surface area contributed by atoms with Crippen molar-refractivity contribution in [2.75, 3.05) is 6.54 Å². The Morgan fingerprint density at radius 3 is 3.05 bits per heavy atom. The van der Waals surface area contributed by atoms with Gasteiger partial charge in [-0.1, -0.05) is 35.7 Å². The maximum absolute atomic E-state index is 12.0. The average molecular weight is 384 g/mol. The number of fused-ring (bicyclic) bond motifs is 1. The van der Waals surface area contributed by atoms with Gasteiger partial charge in [0.25, 0.3) is 0 Å². The lowest BCUT2D eigenvalue weighted by Gasteiger charge is -2.16. The summed E-state index contributed by atoms with van der Waals surface area (Å²) in [4.78, 5) is 16.6. The second-order valence-electron chi connectivity index (χ2n) is 5.36. The molecule has 3 N–H and O–H groups in total. The summed E-state index contributed by atoms with van der Waals surface area (Å²) in [7, 11) is 0. The molecule has 2 aromatic rings. The second kappa shape index (κ2) is 8.60. The van der Waals surface area contributed by atoms with Crippen molar-refractivity contribution in [2.45, 2.75) is 45.1 Å². The Morgan fingerprint density at radius 1 is 1.50 bits per heavy atom. The van der Waals surface area contributed by atoms with Crippen LogP contribution in [0.4, 0.5) is 0 Å². The van der Waals surface area contributed by atoms with Crippen molar-refractivity contribution >= 4 is 43.4 Å². The van der Waals surface area contributed by atoms with E-state index in [1.165, 1.54) is 0 Å². The van der Waals surface area contributed by atoms with E-state index in [4.69, 9.17) is 5.73 Å². The molecule has 0 fully saturated rings. The second-order valence-corrected chi connectivity index (χ2v) is 7.39. The molecular formula is C16H22BrN3OS. The van der Waals surface area contributed by atoms with E-state index in [9.17, 15) is 4.79 Å². The first-order valence-corrected chi connectivity index (χ1v) is 9.27. The fourth-order valence-electron chi connectivity index (χ4n) is 2.28. The number of amides is 1. The first-order valence-electron chi connectivity index (χ1n) is 7.66. The Labute approximate surface area is 143 Å².